The Bertz CT molecular complexity index is 973. The summed E-state index contributed by atoms with van der Waals surface area (Å²) < 4.78 is 1.95. The first-order valence-corrected chi connectivity index (χ1v) is 11.4. The lowest BCUT2D eigenvalue weighted by atomic mass is 10.1. The van der Waals surface area contributed by atoms with Gasteiger partial charge in [-0.25, -0.2) is 4.98 Å². The Morgan fingerprint density at radius 3 is 2.67 bits per heavy atom. The molecule has 0 saturated carbocycles. The highest BCUT2D eigenvalue weighted by Gasteiger charge is 2.14. The van der Waals surface area contributed by atoms with Gasteiger partial charge in [0.2, 0.25) is 0 Å². The summed E-state index contributed by atoms with van der Waals surface area (Å²) in [6.45, 7) is 10.0. The van der Waals surface area contributed by atoms with Gasteiger partial charge in [-0.15, -0.1) is 11.3 Å². The number of guanidine groups is 1. The molecule has 0 spiro atoms. The summed E-state index contributed by atoms with van der Waals surface area (Å²) in [5.41, 5.74) is 5.89. The minimum Gasteiger partial charge on any atom is -0.357 e. The number of thiazole rings is 1. The summed E-state index contributed by atoms with van der Waals surface area (Å²) >= 11 is 1.69. The predicted molar refractivity (Wildman–Crippen MR) is 126 cm³/mol. The Morgan fingerprint density at radius 2 is 2.00 bits per heavy atom. The molecule has 1 unspecified atom stereocenters. The quantitative estimate of drug-likeness (QED) is 0.425. The molecule has 160 valence electrons. The fourth-order valence-electron chi connectivity index (χ4n) is 3.44. The van der Waals surface area contributed by atoms with Crippen molar-refractivity contribution in [3.05, 3.63) is 58.4 Å². The van der Waals surface area contributed by atoms with Crippen LogP contribution in [0.1, 0.15) is 36.5 Å². The van der Waals surface area contributed by atoms with E-state index in [0.717, 1.165) is 41.7 Å². The molecule has 0 amide bonds. The first kappa shape index (κ1) is 22.0. The van der Waals surface area contributed by atoms with Gasteiger partial charge in [-0.1, -0.05) is 30.3 Å². The lowest BCUT2D eigenvalue weighted by Crippen LogP contribution is -2.43. The molecular weight excluding hydrogens is 392 g/mol. The van der Waals surface area contributed by atoms with Gasteiger partial charge >= 0.3 is 0 Å². The topological polar surface area (TPSA) is 67.1 Å². The van der Waals surface area contributed by atoms with E-state index in [9.17, 15) is 0 Å². The third-order valence-corrected chi connectivity index (χ3v) is 6.05. The maximum Gasteiger partial charge on any atom is 0.191 e. The van der Waals surface area contributed by atoms with Crippen LogP contribution >= 0.6 is 11.3 Å². The normalized spacial score (nSPS) is 12.8. The van der Waals surface area contributed by atoms with E-state index < -0.39 is 0 Å². The van der Waals surface area contributed by atoms with Gasteiger partial charge in [0, 0.05) is 49.2 Å². The monoisotopic (exact) mass is 424 g/mol. The zero-order chi connectivity index (χ0) is 21.5. The van der Waals surface area contributed by atoms with Crippen LogP contribution in [0.25, 0.3) is 10.6 Å². The summed E-state index contributed by atoms with van der Waals surface area (Å²) in [7, 11) is 2.00. The van der Waals surface area contributed by atoms with Crippen molar-refractivity contribution < 1.29 is 0 Å². The van der Waals surface area contributed by atoms with E-state index in [1.807, 2.05) is 29.9 Å². The Morgan fingerprint density at radius 1 is 1.23 bits per heavy atom. The van der Waals surface area contributed by atoms with E-state index in [-0.39, 0.29) is 6.04 Å². The van der Waals surface area contributed by atoms with Crippen molar-refractivity contribution in [2.45, 2.75) is 46.6 Å². The molecule has 0 aliphatic rings. The van der Waals surface area contributed by atoms with Crippen molar-refractivity contribution in [1.82, 2.24) is 25.4 Å². The molecule has 30 heavy (non-hydrogen) atoms. The van der Waals surface area contributed by atoms with Crippen LogP contribution in [-0.2, 0) is 19.9 Å². The van der Waals surface area contributed by atoms with Crippen LogP contribution in [0.2, 0.25) is 0 Å². The molecule has 2 N–H and O–H groups in total. The molecule has 3 rings (SSSR count). The molecule has 2 heterocycles. The van der Waals surface area contributed by atoms with Crippen molar-refractivity contribution in [2.24, 2.45) is 12.0 Å². The first-order chi connectivity index (χ1) is 14.5. The van der Waals surface area contributed by atoms with Crippen LogP contribution in [0.3, 0.4) is 0 Å². The predicted octanol–water partition coefficient (Wildman–Crippen LogP) is 3.89. The third-order valence-electron chi connectivity index (χ3n) is 5.11. The Hall–Kier alpha value is -2.67. The summed E-state index contributed by atoms with van der Waals surface area (Å²) in [6.07, 6.45) is 1.75. The number of nitrogens with zero attached hydrogens (tertiary/aromatic N) is 4. The molecule has 0 aliphatic heterocycles. The second-order valence-electron chi connectivity index (χ2n) is 7.54. The Labute approximate surface area is 183 Å². The highest BCUT2D eigenvalue weighted by Crippen LogP contribution is 2.23. The average Bonchev–Trinajstić information content (AvgIpc) is 3.29. The third kappa shape index (κ3) is 5.69. The molecule has 0 aliphatic carbocycles. The largest absolute Gasteiger partial charge is 0.357 e. The van der Waals surface area contributed by atoms with E-state index in [0.29, 0.717) is 6.54 Å². The SMILES string of the molecule is CCNC(=NCCc1csc(-c2ccccc2)n1)NC(C)Cc1c(C)nn(C)c1C. The highest BCUT2D eigenvalue weighted by molar-refractivity contribution is 7.13. The summed E-state index contributed by atoms with van der Waals surface area (Å²) in [6, 6.07) is 10.6. The van der Waals surface area contributed by atoms with Crippen molar-refractivity contribution in [1.29, 1.82) is 0 Å². The van der Waals surface area contributed by atoms with Gasteiger partial charge in [-0.05, 0) is 39.7 Å². The number of hydrogen-bond acceptors (Lipinski definition) is 4. The number of aryl methyl sites for hydroxylation is 2. The Balaban J connectivity index is 1.57. The number of benzene rings is 1. The van der Waals surface area contributed by atoms with Gasteiger partial charge in [0.25, 0.3) is 0 Å². The smallest absolute Gasteiger partial charge is 0.191 e. The van der Waals surface area contributed by atoms with Gasteiger partial charge < -0.3 is 10.6 Å². The summed E-state index contributed by atoms with van der Waals surface area (Å²) in [5, 5.41) is 14.6. The van der Waals surface area contributed by atoms with E-state index >= 15 is 0 Å². The van der Waals surface area contributed by atoms with Crippen molar-refractivity contribution in [3.63, 3.8) is 0 Å². The first-order valence-electron chi connectivity index (χ1n) is 10.5. The zero-order valence-electron chi connectivity index (χ0n) is 18.6. The molecule has 1 aromatic carbocycles. The molecule has 0 fully saturated rings. The van der Waals surface area contributed by atoms with Crippen molar-refractivity contribution >= 4 is 17.3 Å². The summed E-state index contributed by atoms with van der Waals surface area (Å²) in [5.74, 6) is 0.850. The minimum absolute atomic E-state index is 0.258. The number of aromatic nitrogens is 3. The lowest BCUT2D eigenvalue weighted by molar-refractivity contribution is 0.635. The molecule has 2 aromatic heterocycles. The molecule has 6 nitrogen and oxygen atoms in total. The standard InChI is InChI=1S/C23H32N6S/c1-6-24-23(26-16(2)14-21-17(3)28-29(5)18(21)4)25-13-12-20-15-30-22(27-20)19-10-8-7-9-11-19/h7-11,15-16H,6,12-14H2,1-5H3,(H2,24,25,26). The van der Waals surface area contributed by atoms with Crippen LogP contribution in [0.5, 0.6) is 0 Å². The Kier molecular flexibility index (Phi) is 7.63. The average molecular weight is 425 g/mol. The molecule has 1 atom stereocenters. The van der Waals surface area contributed by atoms with Crippen LogP contribution in [0.15, 0.2) is 40.7 Å². The number of aliphatic imine (C=N–C) groups is 1. The van der Waals surface area contributed by atoms with Crippen LogP contribution in [0, 0.1) is 13.8 Å². The molecule has 0 radical (unpaired) electrons. The zero-order valence-corrected chi connectivity index (χ0v) is 19.4. The van der Waals surface area contributed by atoms with Gasteiger partial charge in [-0.2, -0.15) is 5.10 Å². The van der Waals surface area contributed by atoms with Crippen molar-refractivity contribution in [2.75, 3.05) is 13.1 Å². The maximum atomic E-state index is 4.76. The summed E-state index contributed by atoms with van der Waals surface area (Å²) in [4.78, 5) is 9.52. The van der Waals surface area contributed by atoms with Crippen LogP contribution < -0.4 is 10.6 Å². The number of rotatable bonds is 8. The molecule has 0 bridgehead atoms. The number of hydrogen-bond donors (Lipinski definition) is 2. The van der Waals surface area contributed by atoms with E-state index in [1.54, 1.807) is 11.3 Å². The fraction of sp³-hybridized carbons (Fsp3) is 0.435. The van der Waals surface area contributed by atoms with Gasteiger partial charge in [0.15, 0.2) is 5.96 Å². The molecule has 0 saturated heterocycles. The maximum absolute atomic E-state index is 4.76. The minimum atomic E-state index is 0.258. The van der Waals surface area contributed by atoms with E-state index in [4.69, 9.17) is 9.98 Å². The van der Waals surface area contributed by atoms with Crippen LogP contribution in [0.4, 0.5) is 0 Å². The van der Waals surface area contributed by atoms with Gasteiger partial charge in [-0.3, -0.25) is 9.67 Å². The molecule has 7 heteroatoms. The van der Waals surface area contributed by atoms with E-state index in [2.05, 4.69) is 60.9 Å². The number of nitrogens with one attached hydrogen (secondary N) is 2. The van der Waals surface area contributed by atoms with Crippen molar-refractivity contribution in [3.8, 4) is 10.6 Å². The second kappa shape index (κ2) is 10.4. The highest BCUT2D eigenvalue weighted by atomic mass is 32.1. The van der Waals surface area contributed by atoms with Gasteiger partial charge in [0.1, 0.15) is 5.01 Å². The lowest BCUT2D eigenvalue weighted by Gasteiger charge is -2.18. The fourth-order valence-corrected chi connectivity index (χ4v) is 4.30. The van der Waals surface area contributed by atoms with Gasteiger partial charge in [0.05, 0.1) is 11.4 Å². The van der Waals surface area contributed by atoms with Crippen LogP contribution in [-0.4, -0.2) is 39.9 Å². The molecular formula is C23H32N6S. The second-order valence-corrected chi connectivity index (χ2v) is 8.40. The van der Waals surface area contributed by atoms with E-state index in [1.165, 1.54) is 16.8 Å². The molecule has 3 aromatic rings.